The van der Waals surface area contributed by atoms with E-state index in [9.17, 15) is 0 Å². The SMILES string of the molecule is CC(NC1CC(C)C1C)/C(N)=N/O. The second-order valence-corrected chi connectivity index (χ2v) is 4.09. The average Bonchev–Trinajstić information content (AvgIpc) is 2.15. The summed E-state index contributed by atoms with van der Waals surface area (Å²) in [6, 6.07) is 0.482. The van der Waals surface area contributed by atoms with E-state index in [4.69, 9.17) is 10.9 Å². The van der Waals surface area contributed by atoms with Gasteiger partial charge in [-0.25, -0.2) is 0 Å². The molecule has 0 saturated heterocycles. The molecule has 13 heavy (non-hydrogen) atoms. The van der Waals surface area contributed by atoms with E-state index in [0.29, 0.717) is 12.0 Å². The number of amidine groups is 1. The van der Waals surface area contributed by atoms with Crippen LogP contribution in [0.25, 0.3) is 0 Å². The number of hydrogen-bond acceptors (Lipinski definition) is 3. The number of rotatable bonds is 3. The molecule has 4 N–H and O–H groups in total. The summed E-state index contributed by atoms with van der Waals surface area (Å²) in [5, 5.41) is 14.8. The summed E-state index contributed by atoms with van der Waals surface area (Å²) in [7, 11) is 0. The van der Waals surface area contributed by atoms with Crippen molar-refractivity contribution in [3.05, 3.63) is 0 Å². The number of nitrogens with zero attached hydrogens (tertiary/aromatic N) is 1. The van der Waals surface area contributed by atoms with Crippen molar-refractivity contribution in [3.63, 3.8) is 0 Å². The lowest BCUT2D eigenvalue weighted by Gasteiger charge is -2.42. The zero-order valence-electron chi connectivity index (χ0n) is 8.49. The van der Waals surface area contributed by atoms with Crippen LogP contribution < -0.4 is 11.1 Å². The molecule has 0 radical (unpaired) electrons. The van der Waals surface area contributed by atoms with Gasteiger partial charge in [-0.05, 0) is 25.2 Å². The molecule has 4 nitrogen and oxygen atoms in total. The van der Waals surface area contributed by atoms with E-state index in [1.54, 1.807) is 0 Å². The van der Waals surface area contributed by atoms with Gasteiger partial charge in [0.1, 0.15) is 0 Å². The summed E-state index contributed by atoms with van der Waals surface area (Å²) in [6.45, 7) is 6.38. The first-order valence-electron chi connectivity index (χ1n) is 4.79. The Bertz CT molecular complexity index is 205. The van der Waals surface area contributed by atoms with Crippen LogP contribution in [0.15, 0.2) is 5.16 Å². The van der Waals surface area contributed by atoms with Gasteiger partial charge < -0.3 is 16.3 Å². The lowest BCUT2D eigenvalue weighted by atomic mass is 9.71. The minimum absolute atomic E-state index is 0.0371. The summed E-state index contributed by atoms with van der Waals surface area (Å²) < 4.78 is 0. The van der Waals surface area contributed by atoms with Gasteiger partial charge in [-0.1, -0.05) is 19.0 Å². The van der Waals surface area contributed by atoms with Crippen molar-refractivity contribution in [1.29, 1.82) is 0 Å². The first kappa shape index (κ1) is 10.3. The van der Waals surface area contributed by atoms with Crippen molar-refractivity contribution in [1.82, 2.24) is 5.32 Å². The second-order valence-electron chi connectivity index (χ2n) is 4.09. The second kappa shape index (κ2) is 3.96. The molecule has 1 saturated carbocycles. The smallest absolute Gasteiger partial charge is 0.156 e. The van der Waals surface area contributed by atoms with Crippen molar-refractivity contribution in [3.8, 4) is 0 Å². The van der Waals surface area contributed by atoms with Gasteiger partial charge in [-0.2, -0.15) is 0 Å². The molecule has 1 fully saturated rings. The Kier molecular flexibility index (Phi) is 3.14. The zero-order chi connectivity index (χ0) is 10.0. The monoisotopic (exact) mass is 185 g/mol. The average molecular weight is 185 g/mol. The summed E-state index contributed by atoms with van der Waals surface area (Å²) in [5.74, 6) is 1.73. The van der Waals surface area contributed by atoms with Crippen molar-refractivity contribution in [2.24, 2.45) is 22.7 Å². The molecule has 76 valence electrons. The fourth-order valence-electron chi connectivity index (χ4n) is 1.74. The molecule has 0 amide bonds. The minimum Gasteiger partial charge on any atom is -0.409 e. The molecule has 1 rings (SSSR count). The van der Waals surface area contributed by atoms with Gasteiger partial charge >= 0.3 is 0 Å². The van der Waals surface area contributed by atoms with Crippen LogP contribution in [-0.4, -0.2) is 23.1 Å². The third kappa shape index (κ3) is 2.12. The van der Waals surface area contributed by atoms with E-state index < -0.39 is 0 Å². The molecule has 0 aromatic rings. The first-order valence-corrected chi connectivity index (χ1v) is 4.79. The van der Waals surface area contributed by atoms with Gasteiger partial charge in [0.25, 0.3) is 0 Å². The van der Waals surface area contributed by atoms with E-state index in [1.165, 1.54) is 6.42 Å². The van der Waals surface area contributed by atoms with Gasteiger partial charge in [-0.15, -0.1) is 0 Å². The molecule has 4 heteroatoms. The predicted octanol–water partition coefficient (Wildman–Crippen LogP) is 0.755. The lowest BCUT2D eigenvalue weighted by molar-refractivity contribution is 0.134. The van der Waals surface area contributed by atoms with Crippen LogP contribution >= 0.6 is 0 Å². The van der Waals surface area contributed by atoms with E-state index >= 15 is 0 Å². The standard InChI is InChI=1S/C9H19N3O/c1-5-4-8(6(5)2)11-7(3)9(10)12-13/h5-8,11,13H,4H2,1-3H3,(H2,10,12). The Morgan fingerprint density at radius 3 is 2.62 bits per heavy atom. The van der Waals surface area contributed by atoms with Crippen LogP contribution in [-0.2, 0) is 0 Å². The van der Waals surface area contributed by atoms with Crippen LogP contribution in [0, 0.1) is 11.8 Å². The molecule has 0 aliphatic heterocycles. The summed E-state index contributed by atoms with van der Waals surface area (Å²) >= 11 is 0. The third-order valence-corrected chi connectivity index (χ3v) is 3.18. The van der Waals surface area contributed by atoms with Crippen molar-refractivity contribution in [2.75, 3.05) is 0 Å². The Balaban J connectivity index is 2.34. The highest BCUT2D eigenvalue weighted by atomic mass is 16.4. The molecular formula is C9H19N3O. The Hall–Kier alpha value is -0.770. The Morgan fingerprint density at radius 1 is 1.62 bits per heavy atom. The molecule has 4 atom stereocenters. The number of hydrogen-bond donors (Lipinski definition) is 3. The van der Waals surface area contributed by atoms with E-state index in [-0.39, 0.29) is 11.9 Å². The topological polar surface area (TPSA) is 70.6 Å². The fraction of sp³-hybridized carbons (Fsp3) is 0.889. The maximum atomic E-state index is 8.45. The number of nitrogens with two attached hydrogens (primary N) is 1. The van der Waals surface area contributed by atoms with Crippen molar-refractivity contribution < 1.29 is 5.21 Å². The summed E-state index contributed by atoms with van der Waals surface area (Å²) in [5.41, 5.74) is 5.46. The molecule has 0 heterocycles. The molecule has 0 aromatic carbocycles. The fourth-order valence-corrected chi connectivity index (χ4v) is 1.74. The number of nitrogens with one attached hydrogen (secondary N) is 1. The Labute approximate surface area is 79.2 Å². The van der Waals surface area contributed by atoms with E-state index in [2.05, 4.69) is 24.3 Å². The van der Waals surface area contributed by atoms with Crippen LogP contribution in [0.2, 0.25) is 0 Å². The summed E-state index contributed by atoms with van der Waals surface area (Å²) in [4.78, 5) is 0. The third-order valence-electron chi connectivity index (χ3n) is 3.18. The van der Waals surface area contributed by atoms with Crippen LogP contribution in [0.5, 0.6) is 0 Å². The van der Waals surface area contributed by atoms with Gasteiger partial charge in [0.15, 0.2) is 5.84 Å². The van der Waals surface area contributed by atoms with E-state index in [1.807, 2.05) is 6.92 Å². The highest BCUT2D eigenvalue weighted by Crippen LogP contribution is 2.33. The molecule has 4 unspecified atom stereocenters. The van der Waals surface area contributed by atoms with Gasteiger partial charge in [0, 0.05) is 6.04 Å². The molecule has 0 bridgehead atoms. The van der Waals surface area contributed by atoms with Gasteiger partial charge in [0.2, 0.25) is 0 Å². The normalized spacial score (nSPS) is 36.8. The van der Waals surface area contributed by atoms with Gasteiger partial charge in [-0.3, -0.25) is 0 Å². The molecular weight excluding hydrogens is 166 g/mol. The van der Waals surface area contributed by atoms with Crippen LogP contribution in [0.1, 0.15) is 27.2 Å². The quantitative estimate of drug-likeness (QED) is 0.263. The first-order chi connectivity index (χ1) is 6.06. The number of oxime groups is 1. The highest BCUT2D eigenvalue weighted by Gasteiger charge is 2.35. The van der Waals surface area contributed by atoms with Crippen LogP contribution in [0.3, 0.4) is 0 Å². The molecule has 0 aromatic heterocycles. The largest absolute Gasteiger partial charge is 0.409 e. The van der Waals surface area contributed by atoms with Gasteiger partial charge in [0.05, 0.1) is 6.04 Å². The summed E-state index contributed by atoms with van der Waals surface area (Å²) in [6.07, 6.45) is 1.18. The highest BCUT2D eigenvalue weighted by molar-refractivity contribution is 5.84. The van der Waals surface area contributed by atoms with E-state index in [0.717, 1.165) is 5.92 Å². The minimum atomic E-state index is -0.0371. The maximum absolute atomic E-state index is 8.45. The zero-order valence-corrected chi connectivity index (χ0v) is 8.49. The lowest BCUT2D eigenvalue weighted by Crippen LogP contribution is -2.54. The Morgan fingerprint density at radius 2 is 2.23 bits per heavy atom. The van der Waals surface area contributed by atoms with Crippen LogP contribution in [0.4, 0.5) is 0 Å². The van der Waals surface area contributed by atoms with Crippen molar-refractivity contribution in [2.45, 2.75) is 39.3 Å². The molecule has 0 spiro atoms. The molecule has 1 aliphatic carbocycles. The van der Waals surface area contributed by atoms with Crippen molar-refractivity contribution >= 4 is 5.84 Å². The molecule has 1 aliphatic rings. The predicted molar refractivity (Wildman–Crippen MR) is 52.7 cm³/mol. The maximum Gasteiger partial charge on any atom is 0.156 e.